The fourth-order valence-electron chi connectivity index (χ4n) is 2.46. The van der Waals surface area contributed by atoms with Crippen molar-refractivity contribution in [1.82, 2.24) is 10.3 Å². The van der Waals surface area contributed by atoms with Gasteiger partial charge in [0.2, 0.25) is 5.95 Å². The Bertz CT molecular complexity index is 782. The smallest absolute Gasteiger partial charge is 0.425 e. The number of amides is 1. The van der Waals surface area contributed by atoms with E-state index in [2.05, 4.69) is 30.6 Å². The van der Waals surface area contributed by atoms with Gasteiger partial charge in [0.05, 0.1) is 0 Å². The molecule has 0 saturated carbocycles. The van der Waals surface area contributed by atoms with Crippen LogP contribution in [0, 0.1) is 5.95 Å². The molecular formula is C16H17BrF5N3O3. The molecule has 0 saturated heterocycles. The first-order valence-electron chi connectivity index (χ1n) is 7.96. The number of alkyl halides is 4. The average molecular weight is 474 g/mol. The number of nitrogens with zero attached hydrogens (tertiary/aromatic N) is 2. The van der Waals surface area contributed by atoms with Crippen molar-refractivity contribution in [2.75, 3.05) is 6.67 Å². The highest BCUT2D eigenvalue weighted by atomic mass is 79.9. The standard InChI is InChI=1S/C16H17BrF5N3O3/c1-14(2,3)28-13(26)24-12-25-15(7-18,5-10(27-12)16(20,21)22)9-4-8(17)6-23-11(9)19/h4,6,10H,5,7H2,1-3H3,(H,24,25,26). The Balaban J connectivity index is 2.49. The van der Waals surface area contributed by atoms with E-state index in [1.807, 2.05) is 5.32 Å². The Morgan fingerprint density at radius 1 is 1.43 bits per heavy atom. The monoisotopic (exact) mass is 473 g/mol. The number of hydrogen-bond donors (Lipinski definition) is 1. The average Bonchev–Trinajstić information content (AvgIpc) is 2.54. The predicted molar refractivity (Wildman–Crippen MR) is 91.9 cm³/mol. The van der Waals surface area contributed by atoms with Crippen LogP contribution in [0.3, 0.4) is 0 Å². The van der Waals surface area contributed by atoms with E-state index in [-0.39, 0.29) is 4.47 Å². The molecule has 156 valence electrons. The van der Waals surface area contributed by atoms with Crippen molar-refractivity contribution in [2.45, 2.75) is 50.6 Å². The van der Waals surface area contributed by atoms with Crippen molar-refractivity contribution in [3.05, 3.63) is 28.2 Å². The summed E-state index contributed by atoms with van der Waals surface area (Å²) < 4.78 is 78.0. The molecule has 28 heavy (non-hydrogen) atoms. The normalized spacial score (nSPS) is 22.9. The molecule has 2 unspecified atom stereocenters. The molecule has 0 spiro atoms. The summed E-state index contributed by atoms with van der Waals surface area (Å²) in [5, 5.41) is 1.92. The molecule has 1 N–H and O–H groups in total. The fraction of sp³-hybridized carbons (Fsp3) is 0.562. The summed E-state index contributed by atoms with van der Waals surface area (Å²) in [5.41, 5.74) is -3.77. The zero-order chi connectivity index (χ0) is 21.3. The number of halogens is 6. The summed E-state index contributed by atoms with van der Waals surface area (Å²) in [4.78, 5) is 19.0. The zero-order valence-electron chi connectivity index (χ0n) is 15.0. The summed E-state index contributed by atoms with van der Waals surface area (Å²) in [5.74, 6) is -1.19. The maximum absolute atomic E-state index is 14.2. The topological polar surface area (TPSA) is 72.8 Å². The van der Waals surface area contributed by atoms with Crippen LogP contribution in [0.1, 0.15) is 32.8 Å². The van der Waals surface area contributed by atoms with Crippen molar-refractivity contribution in [2.24, 2.45) is 4.99 Å². The second kappa shape index (κ2) is 7.80. The van der Waals surface area contributed by atoms with Gasteiger partial charge in [-0.2, -0.15) is 17.6 Å². The number of nitrogens with one attached hydrogen (secondary N) is 1. The van der Waals surface area contributed by atoms with Gasteiger partial charge >= 0.3 is 12.3 Å². The lowest BCUT2D eigenvalue weighted by Crippen LogP contribution is -2.51. The summed E-state index contributed by atoms with van der Waals surface area (Å²) in [6.07, 6.45) is -8.59. The molecule has 1 aliphatic heterocycles. The first kappa shape index (κ1) is 22.3. The third kappa shape index (κ3) is 5.30. The first-order chi connectivity index (χ1) is 12.8. The minimum absolute atomic E-state index is 0.212. The number of rotatable bonds is 2. The minimum atomic E-state index is -4.92. The molecular weight excluding hydrogens is 457 g/mol. The lowest BCUT2D eigenvalue weighted by molar-refractivity contribution is -0.209. The Kier molecular flexibility index (Phi) is 6.22. The van der Waals surface area contributed by atoms with E-state index in [1.165, 1.54) is 20.8 Å². The Labute approximate surface area is 165 Å². The molecule has 6 nitrogen and oxygen atoms in total. The van der Waals surface area contributed by atoms with Gasteiger partial charge in [0.1, 0.15) is 17.8 Å². The van der Waals surface area contributed by atoms with Gasteiger partial charge in [0.15, 0.2) is 6.10 Å². The summed E-state index contributed by atoms with van der Waals surface area (Å²) in [6.45, 7) is 3.10. The van der Waals surface area contributed by atoms with Crippen LogP contribution < -0.4 is 5.32 Å². The quantitative estimate of drug-likeness (QED) is 0.510. The van der Waals surface area contributed by atoms with Crippen LogP contribution >= 0.6 is 15.9 Å². The van der Waals surface area contributed by atoms with Gasteiger partial charge in [0.25, 0.3) is 6.02 Å². The van der Waals surface area contributed by atoms with Crippen molar-refractivity contribution < 1.29 is 36.2 Å². The van der Waals surface area contributed by atoms with Gasteiger partial charge in [-0.15, -0.1) is 0 Å². The van der Waals surface area contributed by atoms with Crippen LogP contribution in [-0.2, 0) is 15.0 Å². The van der Waals surface area contributed by atoms with Crippen LogP contribution in [0.5, 0.6) is 0 Å². The Hall–Kier alpha value is -1.98. The zero-order valence-corrected chi connectivity index (χ0v) is 16.6. The number of ether oxygens (including phenoxy) is 2. The summed E-state index contributed by atoms with van der Waals surface area (Å²) in [7, 11) is 0. The molecule has 1 amide bonds. The van der Waals surface area contributed by atoms with Crippen LogP contribution in [0.15, 0.2) is 21.7 Å². The number of alkyl carbamates (subject to hydrolysis) is 1. The van der Waals surface area contributed by atoms with Crippen LogP contribution in [0.4, 0.5) is 26.7 Å². The van der Waals surface area contributed by atoms with Crippen molar-refractivity contribution in [3.8, 4) is 0 Å². The molecule has 1 aromatic rings. The molecule has 2 heterocycles. The van der Waals surface area contributed by atoms with Gasteiger partial charge in [-0.25, -0.2) is 24.5 Å². The highest BCUT2D eigenvalue weighted by molar-refractivity contribution is 9.10. The van der Waals surface area contributed by atoms with Gasteiger partial charge in [-0.3, -0.25) is 0 Å². The highest BCUT2D eigenvalue weighted by Gasteiger charge is 2.53. The van der Waals surface area contributed by atoms with Crippen LogP contribution in [-0.4, -0.2) is 41.7 Å². The van der Waals surface area contributed by atoms with E-state index in [9.17, 15) is 26.7 Å². The van der Waals surface area contributed by atoms with Gasteiger partial charge in [0, 0.05) is 22.7 Å². The highest BCUT2D eigenvalue weighted by Crippen LogP contribution is 2.41. The molecule has 1 aromatic heterocycles. The van der Waals surface area contributed by atoms with Crippen molar-refractivity contribution >= 4 is 28.0 Å². The van der Waals surface area contributed by atoms with Crippen LogP contribution in [0.2, 0.25) is 0 Å². The molecule has 0 aromatic carbocycles. The predicted octanol–water partition coefficient (Wildman–Crippen LogP) is 4.38. The fourth-order valence-corrected chi connectivity index (χ4v) is 2.79. The van der Waals surface area contributed by atoms with Crippen molar-refractivity contribution in [3.63, 3.8) is 0 Å². The van der Waals surface area contributed by atoms with E-state index in [0.29, 0.717) is 0 Å². The molecule has 12 heteroatoms. The van der Waals surface area contributed by atoms with Crippen molar-refractivity contribution in [1.29, 1.82) is 0 Å². The lowest BCUT2D eigenvalue weighted by atomic mass is 9.86. The maximum Gasteiger partial charge on any atom is 0.425 e. The first-order valence-corrected chi connectivity index (χ1v) is 8.76. The Morgan fingerprint density at radius 3 is 2.61 bits per heavy atom. The third-order valence-electron chi connectivity index (χ3n) is 3.59. The maximum atomic E-state index is 14.2. The second-order valence-electron chi connectivity index (χ2n) is 7.05. The number of pyridine rings is 1. The van der Waals surface area contributed by atoms with E-state index in [0.717, 1.165) is 12.3 Å². The number of amidine groups is 1. The molecule has 0 fully saturated rings. The Morgan fingerprint density at radius 2 is 2.07 bits per heavy atom. The lowest BCUT2D eigenvalue weighted by Gasteiger charge is -2.37. The summed E-state index contributed by atoms with van der Waals surface area (Å²) >= 11 is 3.02. The van der Waals surface area contributed by atoms with Crippen LogP contribution in [0.25, 0.3) is 0 Å². The number of carbonyl (C=O) groups is 1. The third-order valence-corrected chi connectivity index (χ3v) is 4.03. The van der Waals surface area contributed by atoms with E-state index < -0.39 is 60.1 Å². The SMILES string of the molecule is CC(C)(C)OC(=O)NC1=NC(CF)(c2cc(Br)cnc2F)CC(C(F)(F)F)O1. The summed E-state index contributed by atoms with van der Waals surface area (Å²) in [6, 6.07) is 0.148. The van der Waals surface area contributed by atoms with Gasteiger partial charge < -0.3 is 9.47 Å². The van der Waals surface area contributed by atoms with E-state index >= 15 is 0 Å². The molecule has 1 aliphatic rings. The molecule has 2 atom stereocenters. The molecule has 0 bridgehead atoms. The molecule has 0 radical (unpaired) electrons. The van der Waals surface area contributed by atoms with E-state index in [4.69, 9.17) is 4.74 Å². The molecule has 2 rings (SSSR count). The number of aliphatic imine (C=N–C) groups is 1. The van der Waals surface area contributed by atoms with E-state index in [1.54, 1.807) is 0 Å². The second-order valence-corrected chi connectivity index (χ2v) is 7.97. The van der Waals surface area contributed by atoms with Gasteiger partial charge in [-0.05, 0) is 42.8 Å². The number of hydrogen-bond acceptors (Lipinski definition) is 5. The minimum Gasteiger partial charge on any atom is -0.452 e. The number of carbonyl (C=O) groups excluding carboxylic acids is 1. The van der Waals surface area contributed by atoms with Gasteiger partial charge in [-0.1, -0.05) is 0 Å². The molecule has 0 aliphatic carbocycles. The largest absolute Gasteiger partial charge is 0.452 e. The number of aromatic nitrogens is 1.